The Balaban J connectivity index is 1.69. The summed E-state index contributed by atoms with van der Waals surface area (Å²) >= 11 is 0. The van der Waals surface area contributed by atoms with Crippen molar-refractivity contribution in [3.05, 3.63) is 0 Å². The Hall–Kier alpha value is -0.0800. The highest BCUT2D eigenvalue weighted by atomic mass is 15.3. The fourth-order valence-corrected chi connectivity index (χ4v) is 3.82. The van der Waals surface area contributed by atoms with Crippen molar-refractivity contribution in [2.24, 2.45) is 5.92 Å². The van der Waals surface area contributed by atoms with Crippen molar-refractivity contribution in [2.75, 3.05) is 19.6 Å². The summed E-state index contributed by atoms with van der Waals surface area (Å²) in [6, 6.07) is 2.58. The van der Waals surface area contributed by atoms with E-state index < -0.39 is 0 Å². The van der Waals surface area contributed by atoms with Crippen LogP contribution in [0.3, 0.4) is 0 Å². The van der Waals surface area contributed by atoms with Crippen LogP contribution < -0.4 is 0 Å². The van der Waals surface area contributed by atoms with Crippen LogP contribution in [-0.2, 0) is 0 Å². The van der Waals surface area contributed by atoms with E-state index in [0.29, 0.717) is 0 Å². The first-order valence-corrected chi connectivity index (χ1v) is 7.29. The summed E-state index contributed by atoms with van der Waals surface area (Å²) in [6.45, 7) is 8.92. The van der Waals surface area contributed by atoms with E-state index in [1.165, 1.54) is 51.7 Å². The zero-order valence-corrected chi connectivity index (χ0v) is 10.9. The fourth-order valence-electron chi connectivity index (χ4n) is 3.82. The van der Waals surface area contributed by atoms with Gasteiger partial charge in [0.2, 0.25) is 0 Å². The van der Waals surface area contributed by atoms with Gasteiger partial charge in [-0.2, -0.15) is 0 Å². The van der Waals surface area contributed by atoms with Gasteiger partial charge >= 0.3 is 0 Å². The highest BCUT2D eigenvalue weighted by Crippen LogP contribution is 2.38. The molecule has 0 aromatic rings. The average Bonchev–Trinajstić information content (AvgIpc) is 3.05. The van der Waals surface area contributed by atoms with Gasteiger partial charge in [-0.3, -0.25) is 9.80 Å². The summed E-state index contributed by atoms with van der Waals surface area (Å²) in [4.78, 5) is 5.61. The molecular formula is C14H26N2. The molecule has 3 aliphatic rings. The second-order valence-corrected chi connectivity index (χ2v) is 6.13. The normalized spacial score (nSPS) is 38.6. The van der Waals surface area contributed by atoms with Crippen LogP contribution in [0, 0.1) is 5.92 Å². The molecule has 2 heterocycles. The van der Waals surface area contributed by atoms with Crippen molar-refractivity contribution in [2.45, 2.75) is 64.1 Å². The first-order chi connectivity index (χ1) is 7.79. The molecule has 1 saturated carbocycles. The molecular weight excluding hydrogens is 196 g/mol. The molecule has 92 valence electrons. The predicted octanol–water partition coefficient (Wildman–Crippen LogP) is 2.34. The number of nitrogens with zero attached hydrogens (tertiary/aromatic N) is 2. The van der Waals surface area contributed by atoms with E-state index in [2.05, 4.69) is 23.6 Å². The Morgan fingerprint density at radius 1 is 1.19 bits per heavy atom. The van der Waals surface area contributed by atoms with Crippen LogP contribution in [0.2, 0.25) is 0 Å². The van der Waals surface area contributed by atoms with Gasteiger partial charge in [0.25, 0.3) is 0 Å². The topological polar surface area (TPSA) is 6.48 Å². The largest absolute Gasteiger partial charge is 0.298 e. The third-order valence-electron chi connectivity index (χ3n) is 5.13. The fraction of sp³-hybridized carbons (Fsp3) is 1.00. The van der Waals surface area contributed by atoms with Crippen molar-refractivity contribution in [3.63, 3.8) is 0 Å². The zero-order valence-electron chi connectivity index (χ0n) is 10.9. The van der Waals surface area contributed by atoms with Crippen LogP contribution in [0.15, 0.2) is 0 Å². The number of rotatable bonds is 3. The molecule has 2 heteroatoms. The molecule has 3 rings (SSSR count). The second kappa shape index (κ2) is 4.30. The third-order valence-corrected chi connectivity index (χ3v) is 5.13. The van der Waals surface area contributed by atoms with Crippen LogP contribution in [0.25, 0.3) is 0 Å². The summed E-state index contributed by atoms with van der Waals surface area (Å²) in [5.41, 5.74) is 0. The molecule has 2 nitrogen and oxygen atoms in total. The van der Waals surface area contributed by atoms with Gasteiger partial charge in [-0.1, -0.05) is 6.92 Å². The lowest BCUT2D eigenvalue weighted by Crippen LogP contribution is -2.58. The van der Waals surface area contributed by atoms with Crippen molar-refractivity contribution in [1.82, 2.24) is 9.80 Å². The zero-order chi connectivity index (χ0) is 11.1. The summed E-state index contributed by atoms with van der Waals surface area (Å²) in [5.74, 6) is 1.03. The molecule has 3 atom stereocenters. The Bertz CT molecular complexity index is 249. The van der Waals surface area contributed by atoms with E-state index in [4.69, 9.17) is 0 Å². The predicted molar refractivity (Wildman–Crippen MR) is 67.6 cm³/mol. The summed E-state index contributed by atoms with van der Waals surface area (Å²) in [5, 5.41) is 0. The van der Waals surface area contributed by atoms with Crippen molar-refractivity contribution in [1.29, 1.82) is 0 Å². The van der Waals surface area contributed by atoms with Crippen LogP contribution >= 0.6 is 0 Å². The lowest BCUT2D eigenvalue weighted by Gasteiger charge is -2.46. The van der Waals surface area contributed by atoms with Gasteiger partial charge in [-0.05, 0) is 51.5 Å². The highest BCUT2D eigenvalue weighted by Gasteiger charge is 2.41. The summed E-state index contributed by atoms with van der Waals surface area (Å²) < 4.78 is 0. The van der Waals surface area contributed by atoms with Gasteiger partial charge in [-0.15, -0.1) is 0 Å². The number of hydrogen-bond acceptors (Lipinski definition) is 2. The van der Waals surface area contributed by atoms with Gasteiger partial charge in [0.1, 0.15) is 0 Å². The molecule has 0 radical (unpaired) electrons. The van der Waals surface area contributed by atoms with Crippen molar-refractivity contribution >= 4 is 0 Å². The SMILES string of the molecule is CCC1CN2CCCC2CN1C(C)C1CC1. The minimum absolute atomic E-state index is 0.838. The van der Waals surface area contributed by atoms with E-state index in [1.54, 1.807) is 0 Å². The Kier molecular flexibility index (Phi) is 2.97. The third kappa shape index (κ3) is 1.91. The number of hydrogen-bond donors (Lipinski definition) is 0. The van der Waals surface area contributed by atoms with Gasteiger partial charge < -0.3 is 0 Å². The molecule has 0 aromatic carbocycles. The van der Waals surface area contributed by atoms with E-state index >= 15 is 0 Å². The summed E-state index contributed by atoms with van der Waals surface area (Å²) in [6.07, 6.45) is 7.20. The van der Waals surface area contributed by atoms with Gasteiger partial charge in [0.05, 0.1) is 0 Å². The molecule has 16 heavy (non-hydrogen) atoms. The van der Waals surface area contributed by atoms with Crippen LogP contribution in [0.5, 0.6) is 0 Å². The molecule has 0 aromatic heterocycles. The Morgan fingerprint density at radius 3 is 2.69 bits per heavy atom. The first-order valence-electron chi connectivity index (χ1n) is 7.29. The van der Waals surface area contributed by atoms with E-state index in [0.717, 1.165) is 24.0 Å². The summed E-state index contributed by atoms with van der Waals surface area (Å²) in [7, 11) is 0. The van der Waals surface area contributed by atoms with Crippen LogP contribution in [0.1, 0.15) is 46.0 Å². The van der Waals surface area contributed by atoms with Crippen molar-refractivity contribution < 1.29 is 0 Å². The molecule has 0 bridgehead atoms. The monoisotopic (exact) mass is 222 g/mol. The molecule has 3 fully saturated rings. The van der Waals surface area contributed by atoms with Gasteiger partial charge in [0, 0.05) is 31.2 Å². The highest BCUT2D eigenvalue weighted by molar-refractivity contribution is 4.96. The number of fused-ring (bicyclic) bond motifs is 1. The quantitative estimate of drug-likeness (QED) is 0.723. The lowest BCUT2D eigenvalue weighted by molar-refractivity contribution is 0.0171. The minimum atomic E-state index is 0.838. The Morgan fingerprint density at radius 2 is 2.00 bits per heavy atom. The molecule has 0 spiro atoms. The molecule has 0 amide bonds. The maximum Gasteiger partial charge on any atom is 0.0224 e. The Labute approximate surface area is 100.0 Å². The molecule has 0 N–H and O–H groups in total. The molecule has 3 unspecified atom stereocenters. The first kappa shape index (κ1) is 11.0. The second-order valence-electron chi connectivity index (χ2n) is 6.13. The van der Waals surface area contributed by atoms with E-state index in [1.807, 2.05) is 0 Å². The van der Waals surface area contributed by atoms with Crippen molar-refractivity contribution in [3.8, 4) is 0 Å². The van der Waals surface area contributed by atoms with E-state index in [9.17, 15) is 0 Å². The number of piperazine rings is 1. The molecule has 2 aliphatic heterocycles. The standard InChI is InChI=1S/C14H26N2/c1-3-13-9-15-8-4-5-14(15)10-16(13)11(2)12-6-7-12/h11-14H,3-10H2,1-2H3. The average molecular weight is 222 g/mol. The smallest absolute Gasteiger partial charge is 0.0224 e. The molecule has 1 aliphatic carbocycles. The minimum Gasteiger partial charge on any atom is -0.298 e. The lowest BCUT2D eigenvalue weighted by atomic mass is 10.0. The van der Waals surface area contributed by atoms with Crippen LogP contribution in [-0.4, -0.2) is 47.6 Å². The molecule has 2 saturated heterocycles. The van der Waals surface area contributed by atoms with Crippen LogP contribution in [0.4, 0.5) is 0 Å². The maximum absolute atomic E-state index is 2.85. The van der Waals surface area contributed by atoms with Gasteiger partial charge in [-0.25, -0.2) is 0 Å². The van der Waals surface area contributed by atoms with Gasteiger partial charge in [0.15, 0.2) is 0 Å². The maximum atomic E-state index is 2.85. The van der Waals surface area contributed by atoms with E-state index in [-0.39, 0.29) is 0 Å².